The molecule has 14 atom stereocenters. The number of carbonyl (C=O) groups is 1. The summed E-state index contributed by atoms with van der Waals surface area (Å²) >= 11 is 0. The molecule has 38 heavy (non-hydrogen) atoms. The van der Waals surface area contributed by atoms with Gasteiger partial charge in [0, 0.05) is 5.92 Å². The minimum Gasteiger partial charge on any atom is -0.459 e. The third kappa shape index (κ3) is 5.64. The molecule has 14 unspecified atom stereocenters. The van der Waals surface area contributed by atoms with Crippen LogP contribution in [0.3, 0.4) is 0 Å². The molecule has 1 saturated carbocycles. The lowest BCUT2D eigenvalue weighted by Crippen LogP contribution is -2.68. The maximum atomic E-state index is 13.2. The first-order chi connectivity index (χ1) is 17.4. The van der Waals surface area contributed by atoms with E-state index in [1.165, 1.54) is 13.8 Å². The summed E-state index contributed by atoms with van der Waals surface area (Å²) in [5.74, 6) is -1.81. The van der Waals surface area contributed by atoms with E-state index in [1.807, 2.05) is 13.8 Å². The van der Waals surface area contributed by atoms with Crippen LogP contribution < -0.4 is 0 Å². The average Bonchev–Trinajstić information content (AvgIpc) is 2.80. The Balaban J connectivity index is 1.85. The van der Waals surface area contributed by atoms with E-state index < -0.39 is 83.6 Å². The Morgan fingerprint density at radius 3 is 2.13 bits per heavy atom. The van der Waals surface area contributed by atoms with Gasteiger partial charge >= 0.3 is 5.97 Å². The number of esters is 1. The molecule has 3 fully saturated rings. The van der Waals surface area contributed by atoms with Crippen molar-refractivity contribution in [3.05, 3.63) is 0 Å². The van der Waals surface area contributed by atoms with Crippen LogP contribution in [0.2, 0.25) is 0 Å². The molecule has 0 spiro atoms. The van der Waals surface area contributed by atoms with E-state index in [0.717, 1.165) is 0 Å². The van der Waals surface area contributed by atoms with E-state index in [1.54, 1.807) is 27.7 Å². The molecular weight excluding hydrogens is 500 g/mol. The van der Waals surface area contributed by atoms with Crippen molar-refractivity contribution in [2.75, 3.05) is 6.61 Å². The summed E-state index contributed by atoms with van der Waals surface area (Å²) in [4.78, 5) is 13.2. The van der Waals surface area contributed by atoms with Crippen molar-refractivity contribution in [3.63, 3.8) is 0 Å². The molecule has 0 aromatic heterocycles. The number of aliphatic hydroxyl groups excluding tert-OH is 5. The van der Waals surface area contributed by atoms with Crippen LogP contribution in [0.1, 0.15) is 68.2 Å². The van der Waals surface area contributed by atoms with E-state index in [-0.39, 0.29) is 18.4 Å². The molecule has 2 aliphatic heterocycles. The second kappa shape index (κ2) is 11.2. The fraction of sp³-hybridized carbons (Fsp3) is 0.963. The maximum absolute atomic E-state index is 13.2. The third-order valence-corrected chi connectivity index (χ3v) is 8.83. The Bertz CT molecular complexity index is 826. The molecule has 1 aliphatic carbocycles. The highest BCUT2D eigenvalue weighted by Gasteiger charge is 2.63. The summed E-state index contributed by atoms with van der Waals surface area (Å²) in [5, 5.41) is 65.4. The minimum absolute atomic E-state index is 0.135. The highest BCUT2D eigenvalue weighted by Crippen LogP contribution is 2.46. The SMILES string of the molecule is CCC1OC(C2C(C)CC(C)C(OC3OCC(C)(O)C(C)(C(=O)OC(C)(C)C)C3O)C2O)C(O)C(O)C1O. The molecule has 0 aromatic rings. The Morgan fingerprint density at radius 2 is 1.58 bits per heavy atom. The molecule has 6 N–H and O–H groups in total. The van der Waals surface area contributed by atoms with Gasteiger partial charge in [0.2, 0.25) is 0 Å². The molecule has 11 nitrogen and oxygen atoms in total. The topological polar surface area (TPSA) is 175 Å². The molecule has 3 rings (SSSR count). The monoisotopic (exact) mass is 548 g/mol. The molecule has 3 aliphatic rings. The quantitative estimate of drug-likeness (QED) is 0.257. The van der Waals surface area contributed by atoms with Crippen molar-refractivity contribution in [2.24, 2.45) is 23.2 Å². The van der Waals surface area contributed by atoms with Crippen molar-refractivity contribution in [1.82, 2.24) is 0 Å². The fourth-order valence-electron chi connectivity index (χ4n) is 6.21. The number of hydrogen-bond donors (Lipinski definition) is 6. The summed E-state index contributed by atoms with van der Waals surface area (Å²) in [6.07, 6.45) is -9.89. The number of hydrogen-bond acceptors (Lipinski definition) is 11. The van der Waals surface area contributed by atoms with Crippen molar-refractivity contribution >= 4 is 5.97 Å². The van der Waals surface area contributed by atoms with Gasteiger partial charge in [0.05, 0.1) is 31.0 Å². The van der Waals surface area contributed by atoms with Gasteiger partial charge in [-0.25, -0.2) is 0 Å². The molecule has 222 valence electrons. The maximum Gasteiger partial charge on any atom is 0.318 e. The standard InChI is InChI=1S/C27H48O11/c1-9-14-16(28)18(30)19(31)21(36-14)15-12(2)10-13(3)20(17(15)29)37-23-22(32)27(8,26(7,34)11-35-23)24(33)38-25(4,5)6/h12-23,28-32,34H,9-11H2,1-8H3. The van der Waals surface area contributed by atoms with Gasteiger partial charge in [-0.3, -0.25) is 4.79 Å². The summed E-state index contributed by atoms with van der Waals surface area (Å²) in [7, 11) is 0. The lowest BCUT2D eigenvalue weighted by Gasteiger charge is -2.53. The minimum atomic E-state index is -1.80. The first-order valence-electron chi connectivity index (χ1n) is 13.7. The van der Waals surface area contributed by atoms with Gasteiger partial charge in [-0.05, 0) is 59.3 Å². The van der Waals surface area contributed by atoms with Gasteiger partial charge in [-0.1, -0.05) is 20.8 Å². The number of aliphatic hydroxyl groups is 6. The predicted octanol–water partition coefficient (Wildman–Crippen LogP) is 0.101. The smallest absolute Gasteiger partial charge is 0.318 e. The number of carbonyl (C=O) groups excluding carboxylic acids is 1. The molecular formula is C27H48O11. The molecule has 0 radical (unpaired) electrons. The predicted molar refractivity (Wildman–Crippen MR) is 135 cm³/mol. The fourth-order valence-corrected chi connectivity index (χ4v) is 6.21. The number of ether oxygens (including phenoxy) is 4. The van der Waals surface area contributed by atoms with Crippen LogP contribution in [-0.2, 0) is 23.7 Å². The lowest BCUT2D eigenvalue weighted by atomic mass is 9.67. The first kappa shape index (κ1) is 31.6. The Kier molecular flexibility index (Phi) is 9.30. The van der Waals surface area contributed by atoms with Crippen LogP contribution in [-0.4, -0.2) is 110 Å². The van der Waals surface area contributed by atoms with Crippen LogP contribution >= 0.6 is 0 Å². The van der Waals surface area contributed by atoms with Gasteiger partial charge in [-0.2, -0.15) is 0 Å². The molecule has 0 aromatic carbocycles. The highest BCUT2D eigenvalue weighted by atomic mass is 16.7. The molecule has 0 bridgehead atoms. The van der Waals surface area contributed by atoms with E-state index in [2.05, 4.69) is 0 Å². The van der Waals surface area contributed by atoms with Crippen molar-refractivity contribution < 1.29 is 54.4 Å². The Morgan fingerprint density at radius 1 is 0.974 bits per heavy atom. The summed E-state index contributed by atoms with van der Waals surface area (Å²) in [6, 6.07) is 0. The molecule has 11 heteroatoms. The third-order valence-electron chi connectivity index (χ3n) is 8.83. The second-order valence-corrected chi connectivity index (χ2v) is 13.0. The highest BCUT2D eigenvalue weighted by molar-refractivity contribution is 5.79. The van der Waals surface area contributed by atoms with Crippen molar-refractivity contribution in [2.45, 2.75) is 135 Å². The Hall–Kier alpha value is -0.890. The van der Waals surface area contributed by atoms with Gasteiger partial charge in [0.25, 0.3) is 0 Å². The van der Waals surface area contributed by atoms with E-state index >= 15 is 0 Å². The molecule has 2 heterocycles. The largest absolute Gasteiger partial charge is 0.459 e. The van der Waals surface area contributed by atoms with Gasteiger partial charge in [0.15, 0.2) is 6.29 Å². The first-order valence-corrected chi connectivity index (χ1v) is 13.7. The summed E-state index contributed by atoms with van der Waals surface area (Å²) < 4.78 is 23.3. The van der Waals surface area contributed by atoms with Gasteiger partial charge < -0.3 is 49.6 Å². The second-order valence-electron chi connectivity index (χ2n) is 13.0. The van der Waals surface area contributed by atoms with Gasteiger partial charge in [-0.15, -0.1) is 0 Å². The van der Waals surface area contributed by atoms with Crippen LogP contribution in [0.15, 0.2) is 0 Å². The lowest BCUT2D eigenvalue weighted by molar-refractivity contribution is -0.333. The molecule has 2 saturated heterocycles. The number of rotatable bonds is 5. The zero-order valence-electron chi connectivity index (χ0n) is 23.8. The summed E-state index contributed by atoms with van der Waals surface area (Å²) in [5.41, 5.74) is -4.43. The zero-order valence-corrected chi connectivity index (χ0v) is 23.8. The van der Waals surface area contributed by atoms with Crippen LogP contribution in [0.25, 0.3) is 0 Å². The Labute approximate surface area is 225 Å². The normalized spacial score (nSPS) is 50.5. The van der Waals surface area contributed by atoms with Crippen molar-refractivity contribution in [1.29, 1.82) is 0 Å². The summed E-state index contributed by atoms with van der Waals surface area (Å²) in [6.45, 7) is 13.1. The van der Waals surface area contributed by atoms with Crippen LogP contribution in [0, 0.1) is 23.2 Å². The van der Waals surface area contributed by atoms with E-state index in [0.29, 0.717) is 12.8 Å². The van der Waals surface area contributed by atoms with Crippen LogP contribution in [0.4, 0.5) is 0 Å². The van der Waals surface area contributed by atoms with E-state index in [4.69, 9.17) is 18.9 Å². The zero-order chi connectivity index (χ0) is 29.0. The van der Waals surface area contributed by atoms with Crippen LogP contribution in [0.5, 0.6) is 0 Å². The molecule has 0 amide bonds. The average molecular weight is 549 g/mol. The van der Waals surface area contributed by atoms with E-state index in [9.17, 15) is 35.4 Å². The van der Waals surface area contributed by atoms with Crippen molar-refractivity contribution in [3.8, 4) is 0 Å². The van der Waals surface area contributed by atoms with Gasteiger partial charge in [0.1, 0.15) is 41.0 Å².